The zero-order valence-electron chi connectivity index (χ0n) is 17.5. The zero-order valence-corrected chi connectivity index (χ0v) is 17.5. The van der Waals surface area contributed by atoms with E-state index in [2.05, 4.69) is 10.1 Å². The van der Waals surface area contributed by atoms with Gasteiger partial charge in [-0.15, -0.1) is 0 Å². The van der Waals surface area contributed by atoms with Crippen molar-refractivity contribution >= 4 is 11.6 Å². The van der Waals surface area contributed by atoms with Gasteiger partial charge in [-0.05, 0) is 42.8 Å². The molecule has 0 aliphatic carbocycles. The Morgan fingerprint density at radius 1 is 1.20 bits per heavy atom. The van der Waals surface area contributed by atoms with Crippen LogP contribution < -0.4 is 9.64 Å². The van der Waals surface area contributed by atoms with Crippen LogP contribution in [0.3, 0.4) is 0 Å². The first kappa shape index (κ1) is 19.9. The van der Waals surface area contributed by atoms with Crippen LogP contribution in [0.1, 0.15) is 30.7 Å². The number of aromatic nitrogens is 2. The lowest BCUT2D eigenvalue weighted by Crippen LogP contribution is -2.24. The fourth-order valence-electron chi connectivity index (χ4n) is 3.61. The predicted molar refractivity (Wildman–Crippen MR) is 114 cm³/mol. The lowest BCUT2D eigenvalue weighted by Gasteiger charge is -2.16. The molecule has 1 aliphatic rings. The van der Waals surface area contributed by atoms with Gasteiger partial charge in [0, 0.05) is 50.8 Å². The number of ether oxygens (including phenoxy) is 1. The quantitative estimate of drug-likeness (QED) is 0.596. The fourth-order valence-corrected chi connectivity index (χ4v) is 3.61. The van der Waals surface area contributed by atoms with Gasteiger partial charge in [0.25, 0.3) is 5.89 Å². The summed E-state index contributed by atoms with van der Waals surface area (Å²) in [5, 5.41) is 4.16. The average Bonchev–Trinajstić information content (AvgIpc) is 3.37. The number of benzene rings is 2. The second kappa shape index (κ2) is 8.57. The van der Waals surface area contributed by atoms with Gasteiger partial charge in [-0.3, -0.25) is 4.79 Å². The second-order valence-corrected chi connectivity index (χ2v) is 7.65. The predicted octanol–water partition coefficient (Wildman–Crippen LogP) is 3.72. The number of hydrogen-bond acceptors (Lipinski definition) is 6. The minimum atomic E-state index is -0.0604. The van der Waals surface area contributed by atoms with E-state index in [4.69, 9.17) is 9.26 Å². The largest absolute Gasteiger partial charge is 0.494 e. The Hall–Kier alpha value is -3.35. The Labute approximate surface area is 176 Å². The maximum atomic E-state index is 12.5. The first-order valence-electron chi connectivity index (χ1n) is 10.1. The summed E-state index contributed by atoms with van der Waals surface area (Å²) in [6, 6.07) is 15.8. The van der Waals surface area contributed by atoms with Crippen molar-refractivity contribution in [1.29, 1.82) is 0 Å². The molecule has 0 radical (unpaired) electrons. The van der Waals surface area contributed by atoms with Crippen LogP contribution in [0.5, 0.6) is 5.75 Å². The summed E-state index contributed by atoms with van der Waals surface area (Å²) in [7, 11) is 3.98. The maximum Gasteiger partial charge on any atom is 0.258 e. The first-order valence-corrected chi connectivity index (χ1v) is 10.1. The molecule has 156 valence electrons. The van der Waals surface area contributed by atoms with Crippen LogP contribution in [-0.4, -0.2) is 48.2 Å². The SMILES string of the molecule is CCOc1ccc(CN2CC(c3noc(-c4cccc(N(C)C)c4)n3)CC2=O)cc1. The highest BCUT2D eigenvalue weighted by Gasteiger charge is 2.33. The van der Waals surface area contributed by atoms with E-state index in [1.54, 1.807) is 0 Å². The molecule has 0 saturated carbocycles. The molecule has 30 heavy (non-hydrogen) atoms. The smallest absolute Gasteiger partial charge is 0.258 e. The van der Waals surface area contributed by atoms with Gasteiger partial charge in [0.1, 0.15) is 5.75 Å². The Morgan fingerprint density at radius 2 is 2.00 bits per heavy atom. The van der Waals surface area contributed by atoms with Gasteiger partial charge in [-0.1, -0.05) is 23.4 Å². The number of amides is 1. The molecule has 1 saturated heterocycles. The van der Waals surface area contributed by atoms with E-state index in [9.17, 15) is 4.79 Å². The maximum absolute atomic E-state index is 12.5. The van der Waals surface area contributed by atoms with Crippen molar-refractivity contribution < 1.29 is 14.1 Å². The summed E-state index contributed by atoms with van der Waals surface area (Å²) in [6.07, 6.45) is 0.397. The number of nitrogens with zero attached hydrogens (tertiary/aromatic N) is 4. The number of carbonyl (C=O) groups is 1. The summed E-state index contributed by atoms with van der Waals surface area (Å²) in [6.45, 7) is 3.75. The topological polar surface area (TPSA) is 71.7 Å². The Kier molecular flexibility index (Phi) is 5.70. The number of carbonyl (C=O) groups excluding carboxylic acids is 1. The summed E-state index contributed by atoms with van der Waals surface area (Å²) in [5.41, 5.74) is 3.00. The van der Waals surface area contributed by atoms with Crippen molar-refractivity contribution in [2.45, 2.75) is 25.8 Å². The third-order valence-electron chi connectivity index (χ3n) is 5.24. The summed E-state index contributed by atoms with van der Waals surface area (Å²) >= 11 is 0. The third-order valence-corrected chi connectivity index (χ3v) is 5.24. The molecule has 2 aromatic carbocycles. The minimum Gasteiger partial charge on any atom is -0.494 e. The molecule has 0 N–H and O–H groups in total. The van der Waals surface area contributed by atoms with Gasteiger partial charge >= 0.3 is 0 Å². The summed E-state index contributed by atoms with van der Waals surface area (Å²) < 4.78 is 11.0. The van der Waals surface area contributed by atoms with Crippen molar-refractivity contribution in [2.75, 3.05) is 32.1 Å². The van der Waals surface area contributed by atoms with Crippen molar-refractivity contribution in [3.05, 3.63) is 59.9 Å². The van der Waals surface area contributed by atoms with Crippen molar-refractivity contribution in [3.8, 4) is 17.2 Å². The molecule has 2 heterocycles. The minimum absolute atomic E-state index is 0.0604. The van der Waals surface area contributed by atoms with E-state index in [-0.39, 0.29) is 11.8 Å². The van der Waals surface area contributed by atoms with Crippen LogP contribution in [0, 0.1) is 0 Å². The van der Waals surface area contributed by atoms with Crippen LogP contribution in [0.2, 0.25) is 0 Å². The van der Waals surface area contributed by atoms with Gasteiger partial charge in [-0.2, -0.15) is 4.98 Å². The Morgan fingerprint density at radius 3 is 2.73 bits per heavy atom. The van der Waals surface area contributed by atoms with Crippen LogP contribution in [-0.2, 0) is 11.3 Å². The van der Waals surface area contributed by atoms with Crippen LogP contribution in [0.15, 0.2) is 53.1 Å². The van der Waals surface area contributed by atoms with E-state index in [1.165, 1.54) is 0 Å². The van der Waals surface area contributed by atoms with Gasteiger partial charge in [0.15, 0.2) is 5.82 Å². The molecule has 1 amide bonds. The fraction of sp³-hybridized carbons (Fsp3) is 0.348. The Bertz CT molecular complexity index is 1010. The van der Waals surface area contributed by atoms with Crippen molar-refractivity contribution in [1.82, 2.24) is 15.0 Å². The van der Waals surface area contributed by atoms with E-state index in [0.717, 1.165) is 22.6 Å². The van der Waals surface area contributed by atoms with Gasteiger partial charge < -0.3 is 19.1 Å². The molecular formula is C23H26N4O3. The molecule has 1 aromatic heterocycles. The standard InChI is InChI=1S/C23H26N4O3/c1-4-29-20-10-8-16(9-11-20)14-27-15-18(13-21(27)28)22-24-23(30-25-22)17-6-5-7-19(12-17)26(2)3/h5-12,18H,4,13-15H2,1-3H3. The number of rotatable bonds is 7. The van der Waals surface area contributed by atoms with Gasteiger partial charge in [0.2, 0.25) is 5.91 Å². The highest BCUT2D eigenvalue weighted by molar-refractivity contribution is 5.79. The van der Waals surface area contributed by atoms with Crippen LogP contribution in [0.25, 0.3) is 11.5 Å². The molecule has 1 fully saturated rings. The van der Waals surface area contributed by atoms with E-state index < -0.39 is 0 Å². The lowest BCUT2D eigenvalue weighted by atomic mass is 10.1. The highest BCUT2D eigenvalue weighted by Crippen LogP contribution is 2.30. The molecule has 1 atom stereocenters. The molecule has 7 nitrogen and oxygen atoms in total. The van der Waals surface area contributed by atoms with Gasteiger partial charge in [-0.25, -0.2) is 0 Å². The van der Waals surface area contributed by atoms with E-state index in [0.29, 0.717) is 37.8 Å². The molecule has 4 rings (SSSR count). The molecule has 0 bridgehead atoms. The average molecular weight is 406 g/mol. The van der Waals surface area contributed by atoms with Crippen molar-refractivity contribution in [2.24, 2.45) is 0 Å². The van der Waals surface area contributed by atoms with Crippen LogP contribution in [0.4, 0.5) is 5.69 Å². The highest BCUT2D eigenvalue weighted by atomic mass is 16.5. The normalized spacial score (nSPS) is 16.2. The number of hydrogen-bond donors (Lipinski definition) is 0. The van der Waals surface area contributed by atoms with Crippen LogP contribution >= 0.6 is 0 Å². The second-order valence-electron chi connectivity index (χ2n) is 7.65. The summed E-state index contributed by atoms with van der Waals surface area (Å²) in [4.78, 5) is 21.0. The Balaban J connectivity index is 1.44. The first-order chi connectivity index (χ1) is 14.5. The number of anilines is 1. The van der Waals surface area contributed by atoms with Crippen molar-refractivity contribution in [3.63, 3.8) is 0 Å². The zero-order chi connectivity index (χ0) is 21.1. The summed E-state index contributed by atoms with van der Waals surface area (Å²) in [5.74, 6) is 1.95. The van der Waals surface area contributed by atoms with Gasteiger partial charge in [0.05, 0.1) is 6.61 Å². The molecule has 0 spiro atoms. The molecule has 7 heteroatoms. The lowest BCUT2D eigenvalue weighted by molar-refractivity contribution is -0.128. The monoisotopic (exact) mass is 406 g/mol. The molecule has 3 aromatic rings. The van der Waals surface area contributed by atoms with E-state index in [1.807, 2.05) is 79.3 Å². The number of likely N-dealkylation sites (tertiary alicyclic amines) is 1. The molecular weight excluding hydrogens is 380 g/mol. The van der Waals surface area contributed by atoms with E-state index >= 15 is 0 Å². The molecule has 1 aliphatic heterocycles. The third kappa shape index (κ3) is 4.30. The molecule has 1 unspecified atom stereocenters.